The molecular weight excluding hydrogens is 314 g/mol. The largest absolute Gasteiger partial charge is 0.362 e. The summed E-state index contributed by atoms with van der Waals surface area (Å²) in [4.78, 5) is 9.21. The molecular formula is C16H22ClN5O. The van der Waals surface area contributed by atoms with Gasteiger partial charge in [-0.2, -0.15) is 4.98 Å². The maximum absolute atomic E-state index is 5.49. The Morgan fingerprint density at radius 3 is 3.04 bits per heavy atom. The van der Waals surface area contributed by atoms with E-state index in [-0.39, 0.29) is 18.4 Å². The van der Waals surface area contributed by atoms with E-state index >= 15 is 0 Å². The van der Waals surface area contributed by atoms with Crippen molar-refractivity contribution in [3.8, 4) is 0 Å². The molecule has 7 heteroatoms. The van der Waals surface area contributed by atoms with Crippen LogP contribution in [-0.4, -0.2) is 48.3 Å². The van der Waals surface area contributed by atoms with Gasteiger partial charge in [-0.1, -0.05) is 23.4 Å². The van der Waals surface area contributed by atoms with E-state index in [0.29, 0.717) is 12.4 Å². The molecule has 0 bridgehead atoms. The molecule has 1 unspecified atom stereocenters. The highest BCUT2D eigenvalue weighted by atomic mass is 35.5. The number of para-hydroxylation sites is 1. The van der Waals surface area contributed by atoms with Crippen LogP contribution in [0, 0.1) is 0 Å². The second-order valence-electron chi connectivity index (χ2n) is 6.05. The van der Waals surface area contributed by atoms with Crippen LogP contribution in [0.1, 0.15) is 23.3 Å². The van der Waals surface area contributed by atoms with Crippen molar-refractivity contribution in [3.05, 3.63) is 41.5 Å². The third-order valence-corrected chi connectivity index (χ3v) is 4.60. The smallest absolute Gasteiger partial charge is 0.246 e. The number of hydrogen-bond donors (Lipinski definition) is 1. The number of halogens is 1. The first-order valence-electron chi connectivity index (χ1n) is 7.87. The van der Waals surface area contributed by atoms with Gasteiger partial charge < -0.3 is 14.7 Å². The highest BCUT2D eigenvalue weighted by Crippen LogP contribution is 2.28. The molecule has 0 aliphatic carbocycles. The van der Waals surface area contributed by atoms with Crippen molar-refractivity contribution in [2.75, 3.05) is 38.1 Å². The molecule has 4 rings (SSSR count). The van der Waals surface area contributed by atoms with Gasteiger partial charge in [0.15, 0.2) is 5.82 Å². The Kier molecular flexibility index (Phi) is 4.84. The molecule has 1 atom stereocenters. The van der Waals surface area contributed by atoms with Gasteiger partial charge in [0.25, 0.3) is 0 Å². The lowest BCUT2D eigenvalue weighted by atomic mass is 10.2. The third-order valence-electron chi connectivity index (χ3n) is 4.60. The van der Waals surface area contributed by atoms with Crippen molar-refractivity contribution in [3.63, 3.8) is 0 Å². The second-order valence-corrected chi connectivity index (χ2v) is 6.05. The number of rotatable bonds is 3. The van der Waals surface area contributed by atoms with Crippen molar-refractivity contribution < 1.29 is 4.52 Å². The standard InChI is InChI=1S/C16H21N5O.ClH/c1-20-9-7-17-10-14(20)16-18-15(22-19-16)11-21-8-6-12-4-2-3-5-13(12)21;/h2-5,14,17H,6-11H2,1H3;1H. The quantitative estimate of drug-likeness (QED) is 0.920. The minimum atomic E-state index is 0. The topological polar surface area (TPSA) is 57.4 Å². The normalized spacial score (nSPS) is 21.1. The lowest BCUT2D eigenvalue weighted by Crippen LogP contribution is -2.44. The zero-order chi connectivity index (χ0) is 14.9. The fourth-order valence-electron chi connectivity index (χ4n) is 3.30. The average Bonchev–Trinajstić information content (AvgIpc) is 3.16. The summed E-state index contributed by atoms with van der Waals surface area (Å²) >= 11 is 0. The Bertz CT molecular complexity index is 661. The van der Waals surface area contributed by atoms with Crippen molar-refractivity contribution >= 4 is 18.1 Å². The summed E-state index contributed by atoms with van der Waals surface area (Å²) in [5.41, 5.74) is 2.69. The number of nitrogens with one attached hydrogen (secondary N) is 1. The summed E-state index contributed by atoms with van der Waals surface area (Å²) in [5.74, 6) is 1.49. The molecule has 6 nitrogen and oxygen atoms in total. The summed E-state index contributed by atoms with van der Waals surface area (Å²) in [7, 11) is 2.11. The van der Waals surface area contributed by atoms with Crippen LogP contribution in [0.3, 0.4) is 0 Å². The van der Waals surface area contributed by atoms with E-state index in [1.165, 1.54) is 11.3 Å². The van der Waals surface area contributed by atoms with Gasteiger partial charge in [-0.25, -0.2) is 0 Å². The van der Waals surface area contributed by atoms with Crippen LogP contribution in [-0.2, 0) is 13.0 Å². The maximum atomic E-state index is 5.49. The second kappa shape index (κ2) is 6.86. The molecule has 1 fully saturated rings. The van der Waals surface area contributed by atoms with E-state index in [2.05, 4.69) is 56.6 Å². The Morgan fingerprint density at radius 2 is 2.17 bits per heavy atom. The highest BCUT2D eigenvalue weighted by molar-refractivity contribution is 5.85. The van der Waals surface area contributed by atoms with Crippen LogP contribution in [0.2, 0.25) is 0 Å². The molecule has 23 heavy (non-hydrogen) atoms. The zero-order valence-electron chi connectivity index (χ0n) is 13.2. The minimum Gasteiger partial charge on any atom is -0.362 e. The molecule has 124 valence electrons. The van der Waals surface area contributed by atoms with Gasteiger partial charge in [-0.15, -0.1) is 12.4 Å². The minimum absolute atomic E-state index is 0. The van der Waals surface area contributed by atoms with Gasteiger partial charge in [0.1, 0.15) is 0 Å². The van der Waals surface area contributed by atoms with Crippen molar-refractivity contribution in [2.45, 2.75) is 19.0 Å². The predicted molar refractivity (Wildman–Crippen MR) is 91.0 cm³/mol. The van der Waals surface area contributed by atoms with Crippen LogP contribution < -0.4 is 10.2 Å². The van der Waals surface area contributed by atoms with Gasteiger partial charge in [0.05, 0.1) is 12.6 Å². The molecule has 2 aliphatic heterocycles. The molecule has 0 saturated carbocycles. The van der Waals surface area contributed by atoms with E-state index in [4.69, 9.17) is 4.52 Å². The summed E-state index contributed by atoms with van der Waals surface area (Å²) in [5, 5.41) is 7.58. The summed E-state index contributed by atoms with van der Waals surface area (Å²) < 4.78 is 5.49. The first-order valence-corrected chi connectivity index (χ1v) is 7.87. The van der Waals surface area contributed by atoms with Crippen LogP contribution in [0.5, 0.6) is 0 Å². The van der Waals surface area contributed by atoms with Crippen LogP contribution in [0.15, 0.2) is 28.8 Å². The molecule has 1 aromatic carbocycles. The van der Waals surface area contributed by atoms with Crippen LogP contribution in [0.25, 0.3) is 0 Å². The van der Waals surface area contributed by atoms with Crippen LogP contribution >= 0.6 is 12.4 Å². The van der Waals surface area contributed by atoms with Gasteiger partial charge in [0, 0.05) is 31.9 Å². The summed E-state index contributed by atoms with van der Waals surface area (Å²) in [6, 6.07) is 8.74. The number of likely N-dealkylation sites (N-methyl/N-ethyl adjacent to an activating group) is 1. The van der Waals surface area contributed by atoms with Crippen molar-refractivity contribution in [2.24, 2.45) is 0 Å². The number of anilines is 1. The molecule has 1 aromatic heterocycles. The highest BCUT2D eigenvalue weighted by Gasteiger charge is 2.26. The molecule has 3 heterocycles. The third kappa shape index (κ3) is 3.20. The maximum Gasteiger partial charge on any atom is 0.246 e. The van der Waals surface area contributed by atoms with Crippen LogP contribution in [0.4, 0.5) is 5.69 Å². The summed E-state index contributed by atoms with van der Waals surface area (Å²) in [6.07, 6.45) is 1.09. The van der Waals surface area contributed by atoms with Crippen molar-refractivity contribution in [1.29, 1.82) is 0 Å². The predicted octanol–water partition coefficient (Wildman–Crippen LogP) is 1.63. The van der Waals surface area contributed by atoms with Gasteiger partial charge in [0.2, 0.25) is 5.89 Å². The van der Waals surface area contributed by atoms with E-state index in [1.807, 2.05) is 0 Å². The molecule has 0 spiro atoms. The monoisotopic (exact) mass is 335 g/mol. The van der Waals surface area contributed by atoms with Crippen molar-refractivity contribution in [1.82, 2.24) is 20.4 Å². The fraction of sp³-hybridized carbons (Fsp3) is 0.500. The fourth-order valence-corrected chi connectivity index (χ4v) is 3.30. The Hall–Kier alpha value is -1.63. The number of piperazine rings is 1. The number of benzene rings is 1. The molecule has 2 aromatic rings. The van der Waals surface area contributed by atoms with E-state index in [9.17, 15) is 0 Å². The number of fused-ring (bicyclic) bond motifs is 1. The Morgan fingerprint density at radius 1 is 1.30 bits per heavy atom. The molecule has 0 amide bonds. The van der Waals surface area contributed by atoms with Gasteiger partial charge in [-0.3, -0.25) is 4.90 Å². The SMILES string of the molecule is CN1CCNCC1c1noc(CN2CCc3ccccc32)n1.Cl. The first-order chi connectivity index (χ1) is 10.8. The number of hydrogen-bond acceptors (Lipinski definition) is 6. The lowest BCUT2D eigenvalue weighted by molar-refractivity contribution is 0.190. The Labute approximate surface area is 142 Å². The Balaban J connectivity index is 0.00000156. The first kappa shape index (κ1) is 16.2. The molecule has 0 radical (unpaired) electrons. The number of nitrogens with zero attached hydrogens (tertiary/aromatic N) is 4. The molecule has 2 aliphatic rings. The molecule has 1 saturated heterocycles. The van der Waals surface area contributed by atoms with E-state index in [1.54, 1.807) is 0 Å². The zero-order valence-corrected chi connectivity index (χ0v) is 14.1. The molecule has 1 N–H and O–H groups in total. The number of aromatic nitrogens is 2. The lowest BCUT2D eigenvalue weighted by Gasteiger charge is -2.30. The summed E-state index contributed by atoms with van der Waals surface area (Å²) in [6.45, 7) is 4.61. The van der Waals surface area contributed by atoms with Gasteiger partial charge >= 0.3 is 0 Å². The van der Waals surface area contributed by atoms with E-state index < -0.39 is 0 Å². The van der Waals surface area contributed by atoms with E-state index in [0.717, 1.165) is 38.4 Å². The van der Waals surface area contributed by atoms with Gasteiger partial charge in [-0.05, 0) is 25.1 Å². The average molecular weight is 336 g/mol.